The molecular formula is C22H25NO7S2. The molecule has 0 fully saturated rings. The van der Waals surface area contributed by atoms with Crippen molar-refractivity contribution in [3.63, 3.8) is 0 Å². The number of methoxy groups -OCH3 is 2. The van der Waals surface area contributed by atoms with E-state index >= 15 is 0 Å². The second kappa shape index (κ2) is 10.2. The molecule has 32 heavy (non-hydrogen) atoms. The van der Waals surface area contributed by atoms with Gasteiger partial charge in [-0.2, -0.15) is 8.42 Å². The quantitative estimate of drug-likeness (QED) is 0.345. The van der Waals surface area contributed by atoms with Crippen molar-refractivity contribution in [3.05, 3.63) is 59.8 Å². The molecule has 0 saturated heterocycles. The highest BCUT2D eigenvalue weighted by Gasteiger charge is 2.19. The van der Waals surface area contributed by atoms with Gasteiger partial charge in [0.25, 0.3) is 10.1 Å². The molecule has 0 saturated carbocycles. The van der Waals surface area contributed by atoms with Crippen molar-refractivity contribution in [3.8, 4) is 0 Å². The van der Waals surface area contributed by atoms with E-state index in [4.69, 9.17) is 4.74 Å². The lowest BCUT2D eigenvalue weighted by atomic mass is 9.87. The van der Waals surface area contributed by atoms with E-state index in [1.54, 1.807) is 0 Å². The van der Waals surface area contributed by atoms with Crippen molar-refractivity contribution in [2.45, 2.75) is 40.9 Å². The molecule has 2 rings (SSSR count). The molecule has 8 nitrogen and oxygen atoms in total. The number of rotatable bonds is 7. The van der Waals surface area contributed by atoms with Crippen LogP contribution in [-0.4, -0.2) is 39.1 Å². The van der Waals surface area contributed by atoms with Crippen molar-refractivity contribution in [1.82, 2.24) is 0 Å². The number of nitrogens with one attached hydrogen (secondary N) is 1. The SMILES string of the molecule is COC(=O)/C=C(/Nc1ccc(S(=O)(=O)O)cc1Sc1ccc(C(C)(C)C)cc1)C(=O)OC. The zero-order valence-electron chi connectivity index (χ0n) is 18.3. The van der Waals surface area contributed by atoms with Crippen molar-refractivity contribution in [1.29, 1.82) is 0 Å². The molecule has 0 unspecified atom stereocenters. The smallest absolute Gasteiger partial charge is 0.354 e. The second-order valence-electron chi connectivity index (χ2n) is 7.71. The Morgan fingerprint density at radius 1 is 1.03 bits per heavy atom. The van der Waals surface area contributed by atoms with Gasteiger partial charge < -0.3 is 14.8 Å². The van der Waals surface area contributed by atoms with Gasteiger partial charge in [0, 0.05) is 9.79 Å². The topological polar surface area (TPSA) is 119 Å². The maximum absolute atomic E-state index is 12.1. The molecule has 2 aromatic rings. The van der Waals surface area contributed by atoms with E-state index in [1.165, 1.54) is 30.0 Å². The Balaban J connectivity index is 2.50. The van der Waals surface area contributed by atoms with Crippen LogP contribution in [0.1, 0.15) is 26.3 Å². The molecule has 10 heteroatoms. The van der Waals surface area contributed by atoms with E-state index in [-0.39, 0.29) is 16.0 Å². The van der Waals surface area contributed by atoms with Crippen LogP contribution in [0.4, 0.5) is 5.69 Å². The molecule has 0 amide bonds. The summed E-state index contributed by atoms with van der Waals surface area (Å²) in [5, 5.41) is 2.79. The number of ether oxygens (including phenoxy) is 2. The van der Waals surface area contributed by atoms with Gasteiger partial charge in [0.05, 0.1) is 30.9 Å². The average molecular weight is 480 g/mol. The highest BCUT2D eigenvalue weighted by atomic mass is 32.2. The number of hydrogen-bond donors (Lipinski definition) is 2. The highest BCUT2D eigenvalue weighted by Crippen LogP contribution is 2.37. The number of anilines is 1. The normalized spacial score (nSPS) is 12.2. The summed E-state index contributed by atoms with van der Waals surface area (Å²) in [6.45, 7) is 6.28. The molecule has 0 aliphatic carbocycles. The van der Waals surface area contributed by atoms with Crippen LogP contribution in [0.2, 0.25) is 0 Å². The van der Waals surface area contributed by atoms with E-state index in [1.807, 2.05) is 24.3 Å². The molecule has 2 N–H and O–H groups in total. The first-order valence-electron chi connectivity index (χ1n) is 9.40. The monoisotopic (exact) mass is 479 g/mol. The summed E-state index contributed by atoms with van der Waals surface area (Å²) >= 11 is 1.22. The standard InChI is InChI=1S/C22H25NO7S2/c1-22(2,3)14-6-8-15(9-7-14)31-19-12-16(32(26,27)28)10-11-17(19)23-18(21(25)30-5)13-20(24)29-4/h6-13,23H,1-5H3,(H,26,27,28)/b18-13+. The maximum Gasteiger partial charge on any atom is 0.354 e. The number of hydrogen-bond acceptors (Lipinski definition) is 8. The third-order valence-electron chi connectivity index (χ3n) is 4.34. The summed E-state index contributed by atoms with van der Waals surface area (Å²) < 4.78 is 42.0. The van der Waals surface area contributed by atoms with Gasteiger partial charge in [0.1, 0.15) is 5.70 Å². The first-order chi connectivity index (χ1) is 14.8. The molecule has 0 spiro atoms. The van der Waals surface area contributed by atoms with Crippen LogP contribution in [0.5, 0.6) is 0 Å². The van der Waals surface area contributed by atoms with Gasteiger partial charge in [-0.1, -0.05) is 44.7 Å². The molecule has 2 aromatic carbocycles. The maximum atomic E-state index is 12.1. The molecule has 0 aromatic heterocycles. The van der Waals surface area contributed by atoms with Crippen LogP contribution in [0, 0.1) is 0 Å². The fourth-order valence-electron chi connectivity index (χ4n) is 2.58. The molecule has 0 atom stereocenters. The summed E-state index contributed by atoms with van der Waals surface area (Å²) in [5.74, 6) is -1.60. The van der Waals surface area contributed by atoms with Crippen LogP contribution < -0.4 is 5.32 Å². The summed E-state index contributed by atoms with van der Waals surface area (Å²) in [7, 11) is -2.13. The van der Waals surface area contributed by atoms with Crippen molar-refractivity contribution >= 4 is 39.5 Å². The van der Waals surface area contributed by atoms with Gasteiger partial charge in [-0.15, -0.1) is 0 Å². The minimum absolute atomic E-state index is 0.0328. The van der Waals surface area contributed by atoms with Gasteiger partial charge in [0.15, 0.2) is 0 Å². The molecule has 0 heterocycles. The molecule has 0 radical (unpaired) electrons. The Bertz CT molecular complexity index is 1130. The Kier molecular flexibility index (Phi) is 8.11. The number of esters is 2. The van der Waals surface area contributed by atoms with E-state index in [0.29, 0.717) is 10.6 Å². The van der Waals surface area contributed by atoms with Crippen LogP contribution in [0.3, 0.4) is 0 Å². The van der Waals surface area contributed by atoms with Gasteiger partial charge in [-0.3, -0.25) is 4.55 Å². The van der Waals surface area contributed by atoms with Crippen LogP contribution >= 0.6 is 11.8 Å². The third kappa shape index (κ3) is 6.84. The summed E-state index contributed by atoms with van der Waals surface area (Å²) in [4.78, 5) is 24.6. The van der Waals surface area contributed by atoms with Crippen LogP contribution in [0.15, 0.2) is 68.9 Å². The summed E-state index contributed by atoms with van der Waals surface area (Å²) in [6, 6.07) is 11.5. The predicted octanol–water partition coefficient (Wildman–Crippen LogP) is 4.02. The Morgan fingerprint density at radius 3 is 2.16 bits per heavy atom. The van der Waals surface area contributed by atoms with E-state index < -0.39 is 22.1 Å². The van der Waals surface area contributed by atoms with E-state index in [0.717, 1.165) is 30.8 Å². The van der Waals surface area contributed by atoms with Gasteiger partial charge in [-0.25, -0.2) is 9.59 Å². The summed E-state index contributed by atoms with van der Waals surface area (Å²) in [5.41, 5.74) is 1.21. The number of carbonyl (C=O) groups excluding carboxylic acids is 2. The fraction of sp³-hybridized carbons (Fsp3) is 0.273. The summed E-state index contributed by atoms with van der Waals surface area (Å²) in [6.07, 6.45) is 0.926. The number of benzene rings is 2. The van der Waals surface area contributed by atoms with Crippen LogP contribution in [0.25, 0.3) is 0 Å². The Morgan fingerprint density at radius 2 is 1.66 bits per heavy atom. The lowest BCUT2D eigenvalue weighted by Gasteiger charge is -2.19. The lowest BCUT2D eigenvalue weighted by Crippen LogP contribution is -2.16. The van der Waals surface area contributed by atoms with E-state index in [9.17, 15) is 22.6 Å². The minimum Gasteiger partial charge on any atom is -0.466 e. The zero-order chi connectivity index (χ0) is 24.1. The molecule has 0 aliphatic rings. The Labute approximate surface area is 191 Å². The zero-order valence-corrected chi connectivity index (χ0v) is 20.0. The molecule has 172 valence electrons. The van der Waals surface area contributed by atoms with Gasteiger partial charge >= 0.3 is 11.9 Å². The molecule has 0 aliphatic heterocycles. The highest BCUT2D eigenvalue weighted by molar-refractivity contribution is 7.99. The third-order valence-corrected chi connectivity index (χ3v) is 6.25. The first-order valence-corrected chi connectivity index (χ1v) is 11.7. The number of carbonyl (C=O) groups is 2. The fourth-order valence-corrected chi connectivity index (χ4v) is 4.10. The van der Waals surface area contributed by atoms with Crippen molar-refractivity contribution in [2.75, 3.05) is 19.5 Å². The predicted molar refractivity (Wildman–Crippen MR) is 121 cm³/mol. The van der Waals surface area contributed by atoms with E-state index in [2.05, 4.69) is 30.8 Å². The van der Waals surface area contributed by atoms with Crippen molar-refractivity contribution < 1.29 is 32.0 Å². The second-order valence-corrected chi connectivity index (χ2v) is 10.2. The first kappa shape index (κ1) is 25.4. The average Bonchev–Trinajstić information content (AvgIpc) is 2.72. The largest absolute Gasteiger partial charge is 0.466 e. The van der Waals surface area contributed by atoms with Gasteiger partial charge in [-0.05, 0) is 41.3 Å². The molecular weight excluding hydrogens is 454 g/mol. The van der Waals surface area contributed by atoms with Crippen molar-refractivity contribution in [2.24, 2.45) is 0 Å². The molecule has 0 bridgehead atoms. The van der Waals surface area contributed by atoms with Gasteiger partial charge in [0.2, 0.25) is 0 Å². The lowest BCUT2D eigenvalue weighted by molar-refractivity contribution is -0.138. The minimum atomic E-state index is -4.45. The Hall–Kier alpha value is -2.82. The van der Waals surface area contributed by atoms with Crippen LogP contribution in [-0.2, 0) is 34.6 Å².